The first kappa shape index (κ1) is 9.98. The van der Waals surface area contributed by atoms with Gasteiger partial charge in [0, 0.05) is 5.02 Å². The molecular formula is C10H6ClIO2. The molecule has 0 atom stereocenters. The van der Waals surface area contributed by atoms with Crippen LogP contribution in [0.5, 0.6) is 0 Å². The second-order valence-electron chi connectivity index (χ2n) is 3.01. The maximum atomic E-state index is 11.7. The summed E-state index contributed by atoms with van der Waals surface area (Å²) in [5.41, 5.74) is 1.45. The molecule has 1 heterocycles. The zero-order valence-electron chi connectivity index (χ0n) is 7.30. The van der Waals surface area contributed by atoms with E-state index < -0.39 is 0 Å². The quantitative estimate of drug-likeness (QED) is 0.697. The van der Waals surface area contributed by atoms with Crippen LogP contribution in [-0.2, 0) is 0 Å². The second-order valence-corrected chi connectivity index (χ2v) is 4.58. The van der Waals surface area contributed by atoms with Gasteiger partial charge in [-0.15, -0.1) is 0 Å². The van der Waals surface area contributed by atoms with Crippen LogP contribution in [-0.4, -0.2) is 0 Å². The summed E-state index contributed by atoms with van der Waals surface area (Å²) in [6.45, 7) is 1.87. The van der Waals surface area contributed by atoms with Crippen molar-refractivity contribution in [3.05, 3.63) is 42.8 Å². The monoisotopic (exact) mass is 320 g/mol. The standard InChI is InChI=1S/C10H6ClIO2/c1-5-2-9-6(3-7(5)11)10(13)8(12)4-14-9/h2-4H,1H3. The molecule has 0 unspecified atom stereocenters. The first-order valence-corrected chi connectivity index (χ1v) is 5.42. The molecule has 0 radical (unpaired) electrons. The van der Waals surface area contributed by atoms with Crippen LogP contribution in [0.4, 0.5) is 0 Å². The topological polar surface area (TPSA) is 30.2 Å². The van der Waals surface area contributed by atoms with Crippen molar-refractivity contribution in [1.29, 1.82) is 0 Å². The summed E-state index contributed by atoms with van der Waals surface area (Å²) < 4.78 is 5.86. The van der Waals surface area contributed by atoms with Gasteiger partial charge in [-0.25, -0.2) is 0 Å². The number of hydrogen-bond donors (Lipinski definition) is 0. The Morgan fingerprint density at radius 3 is 2.86 bits per heavy atom. The van der Waals surface area contributed by atoms with E-state index in [9.17, 15) is 4.79 Å². The summed E-state index contributed by atoms with van der Waals surface area (Å²) in [5.74, 6) is 0. The zero-order valence-corrected chi connectivity index (χ0v) is 10.2. The maximum absolute atomic E-state index is 11.7. The fraction of sp³-hybridized carbons (Fsp3) is 0.100. The third kappa shape index (κ3) is 1.54. The summed E-state index contributed by atoms with van der Waals surface area (Å²) in [5, 5.41) is 1.12. The number of hydrogen-bond acceptors (Lipinski definition) is 2. The van der Waals surface area contributed by atoms with Gasteiger partial charge < -0.3 is 4.42 Å². The van der Waals surface area contributed by atoms with E-state index in [1.165, 1.54) is 6.26 Å². The summed E-state index contributed by atoms with van der Waals surface area (Å²) in [7, 11) is 0. The zero-order chi connectivity index (χ0) is 10.3. The maximum Gasteiger partial charge on any atom is 0.206 e. The molecule has 2 rings (SSSR count). The second kappa shape index (κ2) is 3.55. The van der Waals surface area contributed by atoms with E-state index >= 15 is 0 Å². The molecule has 0 amide bonds. The summed E-state index contributed by atoms with van der Waals surface area (Å²) in [6.07, 6.45) is 1.46. The Morgan fingerprint density at radius 2 is 2.14 bits per heavy atom. The van der Waals surface area contributed by atoms with E-state index in [2.05, 4.69) is 0 Å². The minimum absolute atomic E-state index is 0.0336. The van der Waals surface area contributed by atoms with Gasteiger partial charge in [-0.1, -0.05) is 11.6 Å². The van der Waals surface area contributed by atoms with Crippen LogP contribution >= 0.6 is 34.2 Å². The van der Waals surface area contributed by atoms with Crippen molar-refractivity contribution in [2.24, 2.45) is 0 Å². The Bertz CT molecular complexity index is 560. The number of halogens is 2. The SMILES string of the molecule is Cc1cc2occ(I)c(=O)c2cc1Cl. The van der Waals surface area contributed by atoms with Crippen LogP contribution in [0.3, 0.4) is 0 Å². The van der Waals surface area contributed by atoms with Crippen LogP contribution in [0.1, 0.15) is 5.56 Å². The minimum atomic E-state index is -0.0336. The van der Waals surface area contributed by atoms with Crippen molar-refractivity contribution < 1.29 is 4.42 Å². The van der Waals surface area contributed by atoms with Crippen molar-refractivity contribution in [2.75, 3.05) is 0 Å². The molecule has 72 valence electrons. The molecule has 2 nitrogen and oxygen atoms in total. The van der Waals surface area contributed by atoms with E-state index in [4.69, 9.17) is 16.0 Å². The Morgan fingerprint density at radius 1 is 1.43 bits per heavy atom. The Kier molecular flexibility index (Phi) is 2.53. The minimum Gasteiger partial charge on any atom is -0.463 e. The first-order chi connectivity index (χ1) is 6.59. The third-order valence-electron chi connectivity index (χ3n) is 2.01. The van der Waals surface area contributed by atoms with Crippen LogP contribution in [0.25, 0.3) is 11.0 Å². The molecular weight excluding hydrogens is 314 g/mol. The molecule has 0 N–H and O–H groups in total. The normalized spacial score (nSPS) is 10.8. The Hall–Kier alpha value is -0.550. The van der Waals surface area contributed by atoms with E-state index in [-0.39, 0.29) is 5.43 Å². The van der Waals surface area contributed by atoms with Crippen LogP contribution in [0, 0.1) is 10.5 Å². The molecule has 0 spiro atoms. The summed E-state index contributed by atoms with van der Waals surface area (Å²) in [4.78, 5) is 11.7. The molecule has 0 fully saturated rings. The van der Waals surface area contributed by atoms with Gasteiger partial charge in [-0.2, -0.15) is 0 Å². The molecule has 1 aromatic carbocycles. The summed E-state index contributed by atoms with van der Waals surface area (Å²) >= 11 is 7.87. The molecule has 4 heteroatoms. The lowest BCUT2D eigenvalue weighted by Crippen LogP contribution is -2.04. The molecule has 14 heavy (non-hydrogen) atoms. The van der Waals surface area contributed by atoms with Gasteiger partial charge in [-0.05, 0) is 47.2 Å². The highest BCUT2D eigenvalue weighted by atomic mass is 127. The Labute approximate surface area is 99.0 Å². The van der Waals surface area contributed by atoms with Gasteiger partial charge >= 0.3 is 0 Å². The van der Waals surface area contributed by atoms with E-state index in [1.54, 1.807) is 12.1 Å². The van der Waals surface area contributed by atoms with Crippen molar-refractivity contribution in [1.82, 2.24) is 0 Å². The average Bonchev–Trinajstić information content (AvgIpc) is 2.15. The number of fused-ring (bicyclic) bond motifs is 1. The number of aryl methyl sites for hydroxylation is 1. The molecule has 0 aliphatic rings. The van der Waals surface area contributed by atoms with Crippen LogP contribution < -0.4 is 5.43 Å². The van der Waals surface area contributed by atoms with E-state index in [0.29, 0.717) is 19.6 Å². The smallest absolute Gasteiger partial charge is 0.206 e. The van der Waals surface area contributed by atoms with Crippen molar-refractivity contribution >= 4 is 45.2 Å². The molecule has 0 aliphatic carbocycles. The van der Waals surface area contributed by atoms with Gasteiger partial charge in [0.15, 0.2) is 0 Å². The molecule has 2 aromatic rings. The van der Waals surface area contributed by atoms with Gasteiger partial charge in [0.05, 0.1) is 8.96 Å². The van der Waals surface area contributed by atoms with Crippen molar-refractivity contribution in [3.63, 3.8) is 0 Å². The highest BCUT2D eigenvalue weighted by Crippen LogP contribution is 2.21. The van der Waals surface area contributed by atoms with Crippen LogP contribution in [0.2, 0.25) is 5.02 Å². The third-order valence-corrected chi connectivity index (χ3v) is 3.16. The highest BCUT2D eigenvalue weighted by Gasteiger charge is 2.06. The van der Waals surface area contributed by atoms with Crippen molar-refractivity contribution in [2.45, 2.75) is 6.92 Å². The van der Waals surface area contributed by atoms with Crippen molar-refractivity contribution in [3.8, 4) is 0 Å². The van der Waals surface area contributed by atoms with Crippen LogP contribution in [0.15, 0.2) is 27.6 Å². The number of rotatable bonds is 0. The fourth-order valence-corrected chi connectivity index (χ4v) is 1.81. The predicted octanol–water partition coefficient (Wildman–Crippen LogP) is 3.36. The first-order valence-electron chi connectivity index (χ1n) is 3.97. The molecule has 0 saturated carbocycles. The van der Waals surface area contributed by atoms with E-state index in [0.717, 1.165) is 5.56 Å². The van der Waals surface area contributed by atoms with Gasteiger partial charge in [0.25, 0.3) is 0 Å². The molecule has 0 aliphatic heterocycles. The lowest BCUT2D eigenvalue weighted by atomic mass is 10.1. The number of benzene rings is 1. The Balaban J connectivity index is 2.97. The van der Waals surface area contributed by atoms with Gasteiger partial charge in [0.2, 0.25) is 5.43 Å². The lowest BCUT2D eigenvalue weighted by molar-refractivity contribution is 0.598. The largest absolute Gasteiger partial charge is 0.463 e. The average molecular weight is 321 g/mol. The molecule has 0 bridgehead atoms. The lowest BCUT2D eigenvalue weighted by Gasteiger charge is -2.00. The summed E-state index contributed by atoms with van der Waals surface area (Å²) in [6, 6.07) is 3.43. The predicted molar refractivity (Wildman–Crippen MR) is 64.9 cm³/mol. The molecule has 1 aromatic heterocycles. The van der Waals surface area contributed by atoms with E-state index in [1.807, 2.05) is 29.5 Å². The van der Waals surface area contributed by atoms with Gasteiger partial charge in [0.1, 0.15) is 11.8 Å². The molecule has 0 saturated heterocycles. The fourth-order valence-electron chi connectivity index (χ4n) is 1.23. The highest BCUT2D eigenvalue weighted by molar-refractivity contribution is 14.1. The van der Waals surface area contributed by atoms with Gasteiger partial charge in [-0.3, -0.25) is 4.79 Å².